The lowest BCUT2D eigenvalue weighted by molar-refractivity contribution is 0.544. The van der Waals surface area contributed by atoms with E-state index in [0.717, 1.165) is 5.69 Å². The Balaban J connectivity index is 2.43. The topological polar surface area (TPSA) is 17.8 Å². The van der Waals surface area contributed by atoms with Gasteiger partial charge in [-0.25, -0.2) is 4.68 Å². The first-order valence-corrected chi connectivity index (χ1v) is 11.8. The molecule has 0 radical (unpaired) electrons. The van der Waals surface area contributed by atoms with E-state index >= 15 is 0 Å². The van der Waals surface area contributed by atoms with Gasteiger partial charge in [0.1, 0.15) is 8.07 Å². The molecule has 1 aromatic heterocycles. The SMILES string of the molecule is CC(C)(C)c1cc(C(C)(C)C)n(/C=C/[Si](C)(C)c2ccccc2)n1. The second-order valence-corrected chi connectivity index (χ2v) is 13.6. The van der Waals surface area contributed by atoms with Crippen molar-refractivity contribution in [2.45, 2.75) is 65.5 Å². The van der Waals surface area contributed by atoms with Gasteiger partial charge >= 0.3 is 0 Å². The highest BCUT2D eigenvalue weighted by atomic mass is 28.3. The normalized spacial score (nSPS) is 13.7. The van der Waals surface area contributed by atoms with E-state index in [4.69, 9.17) is 5.10 Å². The van der Waals surface area contributed by atoms with Gasteiger partial charge in [-0.3, -0.25) is 0 Å². The van der Waals surface area contributed by atoms with Crippen molar-refractivity contribution < 1.29 is 0 Å². The number of benzene rings is 1. The lowest BCUT2D eigenvalue weighted by atomic mass is 9.88. The van der Waals surface area contributed by atoms with E-state index in [0.29, 0.717) is 0 Å². The Bertz CT molecular complexity index is 711. The van der Waals surface area contributed by atoms with Crippen LogP contribution in [0.4, 0.5) is 0 Å². The molecular weight excluding hydrogens is 308 g/mol. The molecule has 0 N–H and O–H groups in total. The summed E-state index contributed by atoms with van der Waals surface area (Å²) in [5, 5.41) is 6.34. The van der Waals surface area contributed by atoms with Crippen molar-refractivity contribution >= 4 is 19.5 Å². The van der Waals surface area contributed by atoms with Gasteiger partial charge in [0.15, 0.2) is 0 Å². The molecule has 24 heavy (non-hydrogen) atoms. The monoisotopic (exact) mass is 340 g/mol. The van der Waals surface area contributed by atoms with Crippen molar-refractivity contribution in [3.63, 3.8) is 0 Å². The molecule has 0 fully saturated rings. The number of nitrogens with zero attached hydrogens (tertiary/aromatic N) is 2. The molecule has 2 rings (SSSR count). The summed E-state index contributed by atoms with van der Waals surface area (Å²) < 4.78 is 2.10. The maximum Gasteiger partial charge on any atom is 0.105 e. The summed E-state index contributed by atoms with van der Waals surface area (Å²) >= 11 is 0. The second kappa shape index (κ2) is 6.36. The zero-order chi connectivity index (χ0) is 18.2. The molecule has 0 aliphatic carbocycles. The van der Waals surface area contributed by atoms with E-state index in [1.807, 2.05) is 0 Å². The highest BCUT2D eigenvalue weighted by Crippen LogP contribution is 2.28. The quantitative estimate of drug-likeness (QED) is 0.710. The number of hydrogen-bond acceptors (Lipinski definition) is 1. The summed E-state index contributed by atoms with van der Waals surface area (Å²) in [5.41, 5.74) is 4.93. The van der Waals surface area contributed by atoms with Crippen LogP contribution in [-0.4, -0.2) is 17.9 Å². The fraction of sp³-hybridized carbons (Fsp3) is 0.476. The Kier molecular flexibility index (Phi) is 4.96. The summed E-state index contributed by atoms with van der Waals surface area (Å²) in [6, 6.07) is 13.1. The van der Waals surface area contributed by atoms with Gasteiger partial charge in [-0.1, -0.05) is 95.9 Å². The molecule has 1 aromatic carbocycles. The Labute approximate surface area is 148 Å². The van der Waals surface area contributed by atoms with Gasteiger partial charge < -0.3 is 0 Å². The van der Waals surface area contributed by atoms with Crippen molar-refractivity contribution in [2.24, 2.45) is 0 Å². The first-order valence-electron chi connectivity index (χ1n) is 8.77. The van der Waals surface area contributed by atoms with Crippen LogP contribution in [0.2, 0.25) is 13.1 Å². The smallest absolute Gasteiger partial charge is 0.105 e. The molecule has 2 nitrogen and oxygen atoms in total. The average molecular weight is 341 g/mol. The van der Waals surface area contributed by atoms with Crippen LogP contribution in [0.5, 0.6) is 0 Å². The second-order valence-electron chi connectivity index (χ2n) is 9.26. The average Bonchev–Trinajstić information content (AvgIpc) is 2.91. The third-order valence-corrected chi connectivity index (χ3v) is 7.23. The zero-order valence-electron chi connectivity index (χ0n) is 16.5. The molecule has 0 amide bonds. The molecule has 0 aliphatic heterocycles. The molecule has 0 unspecified atom stereocenters. The van der Waals surface area contributed by atoms with Crippen LogP contribution in [0.15, 0.2) is 42.1 Å². The summed E-state index contributed by atoms with van der Waals surface area (Å²) in [6.07, 6.45) is 2.19. The Morgan fingerprint density at radius 1 is 0.917 bits per heavy atom. The Morgan fingerprint density at radius 3 is 2.00 bits per heavy atom. The summed E-state index contributed by atoms with van der Waals surface area (Å²) in [7, 11) is -1.62. The van der Waals surface area contributed by atoms with Crippen LogP contribution in [0.1, 0.15) is 52.9 Å². The van der Waals surface area contributed by atoms with Crippen LogP contribution in [-0.2, 0) is 10.8 Å². The molecule has 130 valence electrons. The van der Waals surface area contributed by atoms with Crippen molar-refractivity contribution in [3.05, 3.63) is 53.5 Å². The predicted molar refractivity (Wildman–Crippen MR) is 109 cm³/mol. The minimum absolute atomic E-state index is 0.0610. The molecule has 0 aliphatic rings. The molecule has 2 aromatic rings. The lowest BCUT2D eigenvalue weighted by Gasteiger charge is -2.21. The van der Waals surface area contributed by atoms with Gasteiger partial charge in [0.05, 0.1) is 5.69 Å². The van der Waals surface area contributed by atoms with Gasteiger partial charge in [0.2, 0.25) is 0 Å². The third-order valence-electron chi connectivity index (χ3n) is 4.42. The first kappa shape index (κ1) is 18.7. The maximum atomic E-state index is 4.90. The van der Waals surface area contributed by atoms with E-state index in [-0.39, 0.29) is 10.8 Å². The van der Waals surface area contributed by atoms with Crippen LogP contribution < -0.4 is 5.19 Å². The minimum atomic E-state index is -1.62. The predicted octanol–water partition coefficient (Wildman–Crippen LogP) is 5.10. The molecule has 0 saturated carbocycles. The molecule has 3 heteroatoms. The first-order chi connectivity index (χ1) is 10.9. The van der Waals surface area contributed by atoms with Crippen molar-refractivity contribution in [1.29, 1.82) is 0 Å². The van der Waals surface area contributed by atoms with Gasteiger partial charge in [-0.2, -0.15) is 5.10 Å². The molecule has 0 saturated heterocycles. The molecule has 0 bridgehead atoms. The molecule has 0 atom stereocenters. The van der Waals surface area contributed by atoms with E-state index in [9.17, 15) is 0 Å². The molecular formula is C21H32N2Si. The van der Waals surface area contributed by atoms with E-state index in [1.165, 1.54) is 10.9 Å². The van der Waals surface area contributed by atoms with Crippen molar-refractivity contribution in [1.82, 2.24) is 9.78 Å². The maximum absolute atomic E-state index is 4.90. The minimum Gasteiger partial charge on any atom is -0.245 e. The Hall–Kier alpha value is -1.61. The summed E-state index contributed by atoms with van der Waals surface area (Å²) in [6.45, 7) is 18.2. The fourth-order valence-electron chi connectivity index (χ4n) is 2.66. The Morgan fingerprint density at radius 2 is 1.50 bits per heavy atom. The van der Waals surface area contributed by atoms with E-state index in [2.05, 4.69) is 108 Å². The molecule has 1 heterocycles. The van der Waals surface area contributed by atoms with Gasteiger partial charge in [0.25, 0.3) is 0 Å². The highest BCUT2D eigenvalue weighted by molar-refractivity contribution is 6.94. The lowest BCUT2D eigenvalue weighted by Crippen LogP contribution is -2.39. The largest absolute Gasteiger partial charge is 0.245 e. The van der Waals surface area contributed by atoms with Crippen LogP contribution in [0.3, 0.4) is 0 Å². The number of aromatic nitrogens is 2. The highest BCUT2D eigenvalue weighted by Gasteiger charge is 2.26. The zero-order valence-corrected chi connectivity index (χ0v) is 17.5. The number of hydrogen-bond donors (Lipinski definition) is 0. The van der Waals surface area contributed by atoms with Crippen LogP contribution in [0.25, 0.3) is 6.20 Å². The molecule has 0 spiro atoms. The van der Waals surface area contributed by atoms with E-state index in [1.54, 1.807) is 0 Å². The van der Waals surface area contributed by atoms with Gasteiger partial charge in [-0.05, 0) is 6.07 Å². The van der Waals surface area contributed by atoms with Crippen molar-refractivity contribution in [3.8, 4) is 0 Å². The third kappa shape index (κ3) is 4.26. The fourth-order valence-corrected chi connectivity index (χ4v) is 4.41. The van der Waals surface area contributed by atoms with Gasteiger partial charge in [-0.15, -0.1) is 0 Å². The van der Waals surface area contributed by atoms with Crippen molar-refractivity contribution in [2.75, 3.05) is 0 Å². The van der Waals surface area contributed by atoms with Gasteiger partial charge in [0, 0.05) is 22.7 Å². The van der Waals surface area contributed by atoms with Crippen LogP contribution in [0, 0.1) is 0 Å². The standard InChI is InChI=1S/C21H32N2Si/c1-20(2,3)18-16-19(21(4,5)6)23(22-18)14-15-24(7,8)17-12-10-9-11-13-17/h9-16H,1-8H3/b15-14+. The summed E-state index contributed by atoms with van der Waals surface area (Å²) in [5.74, 6) is 0. The summed E-state index contributed by atoms with van der Waals surface area (Å²) in [4.78, 5) is 0. The van der Waals surface area contributed by atoms with Crippen LogP contribution >= 0.6 is 0 Å². The number of rotatable bonds is 3. The van der Waals surface area contributed by atoms with E-state index < -0.39 is 8.07 Å².